The third-order valence-corrected chi connectivity index (χ3v) is 5.48. The molecular formula is C22H13F5N6O2. The largest absolute Gasteiger partial charge is 0.420 e. The molecule has 4 aromatic rings. The lowest BCUT2D eigenvalue weighted by Crippen LogP contribution is -2.17. The van der Waals surface area contributed by atoms with Gasteiger partial charge >= 0.3 is 6.18 Å². The summed E-state index contributed by atoms with van der Waals surface area (Å²) in [6, 6.07) is 8.34. The van der Waals surface area contributed by atoms with Gasteiger partial charge in [0.25, 0.3) is 18.2 Å². The SMILES string of the molecule is Nc1ncc(NC(=O)c2cnn(-c3ccc4c5c(cccc35)C(=O)N4)c2C(F)F)cc1C(F)(F)F. The molecule has 0 saturated heterocycles. The third kappa shape index (κ3) is 3.61. The number of hydrogen-bond acceptors (Lipinski definition) is 5. The van der Waals surface area contributed by atoms with Crippen LogP contribution in [-0.4, -0.2) is 26.6 Å². The molecule has 0 radical (unpaired) electrons. The molecule has 5 rings (SSSR count). The number of benzene rings is 2. The van der Waals surface area contributed by atoms with Gasteiger partial charge in [-0.2, -0.15) is 18.3 Å². The summed E-state index contributed by atoms with van der Waals surface area (Å²) in [5.74, 6) is -2.25. The summed E-state index contributed by atoms with van der Waals surface area (Å²) < 4.78 is 68.4. The lowest BCUT2D eigenvalue weighted by Gasteiger charge is -2.13. The van der Waals surface area contributed by atoms with Crippen LogP contribution in [-0.2, 0) is 6.18 Å². The molecule has 0 spiro atoms. The van der Waals surface area contributed by atoms with Crippen LogP contribution in [0.3, 0.4) is 0 Å². The second-order valence-electron chi connectivity index (χ2n) is 7.58. The molecule has 3 heterocycles. The summed E-state index contributed by atoms with van der Waals surface area (Å²) in [6.07, 6.45) is -6.24. The van der Waals surface area contributed by atoms with E-state index in [4.69, 9.17) is 5.73 Å². The van der Waals surface area contributed by atoms with Gasteiger partial charge in [-0.05, 0) is 24.3 Å². The van der Waals surface area contributed by atoms with Crippen LogP contribution in [0, 0.1) is 0 Å². The minimum absolute atomic E-state index is 0.185. The quantitative estimate of drug-likeness (QED) is 0.358. The van der Waals surface area contributed by atoms with Gasteiger partial charge in [-0.15, -0.1) is 0 Å². The van der Waals surface area contributed by atoms with Crippen LogP contribution in [0.25, 0.3) is 16.5 Å². The molecule has 0 saturated carbocycles. The van der Waals surface area contributed by atoms with Crippen molar-refractivity contribution in [2.75, 3.05) is 16.4 Å². The number of nitrogens with two attached hydrogens (primary N) is 1. The fraction of sp³-hybridized carbons (Fsp3) is 0.0909. The van der Waals surface area contributed by atoms with E-state index in [2.05, 4.69) is 20.7 Å². The lowest BCUT2D eigenvalue weighted by molar-refractivity contribution is -0.137. The number of amides is 2. The molecule has 8 nitrogen and oxygen atoms in total. The molecule has 13 heteroatoms. The summed E-state index contributed by atoms with van der Waals surface area (Å²) in [7, 11) is 0. The number of carbonyl (C=O) groups is 2. The van der Waals surface area contributed by atoms with Crippen LogP contribution >= 0.6 is 0 Å². The van der Waals surface area contributed by atoms with Crippen LogP contribution in [0.2, 0.25) is 0 Å². The monoisotopic (exact) mass is 488 g/mol. The van der Waals surface area contributed by atoms with Gasteiger partial charge in [-0.3, -0.25) is 9.59 Å². The van der Waals surface area contributed by atoms with Crippen molar-refractivity contribution in [3.8, 4) is 5.69 Å². The zero-order chi connectivity index (χ0) is 25.1. The average Bonchev–Trinajstić information content (AvgIpc) is 3.38. The summed E-state index contributed by atoms with van der Waals surface area (Å²) in [5, 5.41) is 9.71. The maximum absolute atomic E-state index is 14.1. The van der Waals surface area contributed by atoms with Crippen molar-refractivity contribution < 1.29 is 31.5 Å². The first kappa shape index (κ1) is 22.3. The molecule has 35 heavy (non-hydrogen) atoms. The van der Waals surface area contributed by atoms with Gasteiger partial charge in [-0.25, -0.2) is 18.4 Å². The van der Waals surface area contributed by atoms with E-state index in [0.717, 1.165) is 17.1 Å². The van der Waals surface area contributed by atoms with Gasteiger partial charge in [0.2, 0.25) is 0 Å². The molecular weight excluding hydrogens is 475 g/mol. The second kappa shape index (κ2) is 7.75. The second-order valence-corrected chi connectivity index (χ2v) is 7.58. The minimum Gasteiger partial charge on any atom is -0.383 e. The molecule has 178 valence electrons. The highest BCUT2D eigenvalue weighted by atomic mass is 19.4. The van der Waals surface area contributed by atoms with Crippen LogP contribution in [0.15, 0.2) is 48.8 Å². The molecule has 0 fully saturated rings. The molecule has 4 N–H and O–H groups in total. The number of nitrogens with one attached hydrogen (secondary N) is 2. The number of halogens is 5. The Balaban J connectivity index is 1.57. The molecule has 0 bridgehead atoms. The Morgan fingerprint density at radius 2 is 1.91 bits per heavy atom. The summed E-state index contributed by atoms with van der Waals surface area (Å²) >= 11 is 0. The third-order valence-electron chi connectivity index (χ3n) is 5.48. The normalized spacial score (nSPS) is 12.9. The van der Waals surface area contributed by atoms with E-state index in [0.29, 0.717) is 28.1 Å². The number of nitrogens with zero attached hydrogens (tertiary/aromatic N) is 3. The van der Waals surface area contributed by atoms with Crippen molar-refractivity contribution in [2.24, 2.45) is 0 Å². The van der Waals surface area contributed by atoms with E-state index in [1.165, 1.54) is 12.1 Å². The van der Waals surface area contributed by atoms with Crippen molar-refractivity contribution in [3.63, 3.8) is 0 Å². The summed E-state index contributed by atoms with van der Waals surface area (Å²) in [4.78, 5) is 28.3. The van der Waals surface area contributed by atoms with Gasteiger partial charge in [0.15, 0.2) is 0 Å². The molecule has 1 aliphatic rings. The zero-order valence-electron chi connectivity index (χ0n) is 17.3. The Morgan fingerprint density at radius 3 is 2.63 bits per heavy atom. The highest BCUT2D eigenvalue weighted by molar-refractivity contribution is 6.25. The van der Waals surface area contributed by atoms with E-state index >= 15 is 0 Å². The average molecular weight is 488 g/mol. The minimum atomic E-state index is -4.83. The predicted molar refractivity (Wildman–Crippen MR) is 116 cm³/mol. The fourth-order valence-electron chi connectivity index (χ4n) is 3.96. The Morgan fingerprint density at radius 1 is 1.14 bits per heavy atom. The molecule has 1 aliphatic heterocycles. The maximum atomic E-state index is 14.1. The van der Waals surface area contributed by atoms with Gasteiger partial charge in [0, 0.05) is 22.0 Å². The van der Waals surface area contributed by atoms with Gasteiger partial charge in [0.1, 0.15) is 11.5 Å². The van der Waals surface area contributed by atoms with E-state index in [1.54, 1.807) is 18.2 Å². The summed E-state index contributed by atoms with van der Waals surface area (Å²) in [6.45, 7) is 0. The van der Waals surface area contributed by atoms with Crippen molar-refractivity contribution in [2.45, 2.75) is 12.6 Å². The molecule has 0 aliphatic carbocycles. The molecule has 0 unspecified atom stereocenters. The maximum Gasteiger partial charge on any atom is 0.420 e. The predicted octanol–water partition coefficient (Wildman–Crippen LogP) is 4.78. The van der Waals surface area contributed by atoms with E-state index in [1.807, 2.05) is 0 Å². The topological polar surface area (TPSA) is 115 Å². The molecule has 2 amide bonds. The lowest BCUT2D eigenvalue weighted by atomic mass is 10.0. The number of alkyl halides is 5. The standard InChI is InChI=1S/C22H13F5N6O2/c23-18(24)17-12(21(35)31-9-6-13(22(25,26)27)19(28)29-7-9)8-30-33(17)15-5-4-14-16-10(15)2-1-3-11(16)20(34)32-14/h1-8,18H,(H2,28,29)(H,31,35)(H,32,34). The zero-order valence-corrected chi connectivity index (χ0v) is 17.3. The number of nitrogen functional groups attached to an aromatic ring is 1. The van der Waals surface area contributed by atoms with Crippen molar-refractivity contribution >= 4 is 39.8 Å². The number of hydrogen-bond donors (Lipinski definition) is 3. The smallest absolute Gasteiger partial charge is 0.383 e. The Labute approximate surface area is 192 Å². The van der Waals surface area contributed by atoms with Crippen LogP contribution in [0.1, 0.15) is 38.4 Å². The van der Waals surface area contributed by atoms with E-state index < -0.39 is 41.1 Å². The van der Waals surface area contributed by atoms with Crippen molar-refractivity contribution in [1.82, 2.24) is 14.8 Å². The van der Waals surface area contributed by atoms with Gasteiger partial charge in [-0.1, -0.05) is 12.1 Å². The van der Waals surface area contributed by atoms with Crippen LogP contribution in [0.5, 0.6) is 0 Å². The van der Waals surface area contributed by atoms with Crippen molar-refractivity contribution in [1.29, 1.82) is 0 Å². The van der Waals surface area contributed by atoms with Crippen LogP contribution in [0.4, 0.5) is 39.1 Å². The van der Waals surface area contributed by atoms with Crippen LogP contribution < -0.4 is 16.4 Å². The van der Waals surface area contributed by atoms with Crippen molar-refractivity contribution in [3.05, 3.63) is 71.2 Å². The molecule has 2 aromatic heterocycles. The first-order valence-corrected chi connectivity index (χ1v) is 9.94. The van der Waals surface area contributed by atoms with Gasteiger partial charge in [0.05, 0.1) is 34.9 Å². The first-order chi connectivity index (χ1) is 16.6. The van der Waals surface area contributed by atoms with E-state index in [9.17, 15) is 31.5 Å². The number of anilines is 3. The number of carbonyl (C=O) groups excluding carboxylic acids is 2. The fourth-order valence-corrected chi connectivity index (χ4v) is 3.96. The molecule has 2 aromatic carbocycles. The van der Waals surface area contributed by atoms with E-state index in [-0.39, 0.29) is 17.3 Å². The van der Waals surface area contributed by atoms with Gasteiger partial charge < -0.3 is 16.4 Å². The summed E-state index contributed by atoms with van der Waals surface area (Å²) in [5.41, 5.74) is 3.30. The number of aromatic nitrogens is 3. The number of rotatable bonds is 4. The highest BCUT2D eigenvalue weighted by Gasteiger charge is 2.34. The Hall–Kier alpha value is -4.55. The number of pyridine rings is 1. The highest BCUT2D eigenvalue weighted by Crippen LogP contribution is 2.38. The Bertz CT molecular complexity index is 1530. The Kier molecular flexibility index (Phi) is 4.93. The first-order valence-electron chi connectivity index (χ1n) is 9.94. The molecule has 0 atom stereocenters.